The Morgan fingerprint density at radius 1 is 1.44 bits per heavy atom. The van der Waals surface area contributed by atoms with E-state index in [2.05, 4.69) is 4.98 Å². The normalized spacial score (nSPS) is 31.7. The maximum absolute atomic E-state index is 11.1. The number of rotatable bonds is 3. The fraction of sp³-hybridized carbons (Fsp3) is 0.600. The Bertz CT molecular complexity index is 527. The Hall–Kier alpha value is -1.06. The fourth-order valence-electron chi connectivity index (χ4n) is 2.05. The van der Waals surface area contributed by atoms with Crippen LogP contribution in [0.25, 0.3) is 0 Å². The lowest BCUT2D eigenvalue weighted by atomic mass is 9.99. The standard InChI is InChI=1S/C10H14N2O5S/c13-3-5-6(4-14)17-9(8(5)16)12-2-1-7(15)11-10(12)18/h1-2,5-6,8-9,13-14,16H,3-4H2,(H,11,15,18)/t5?,6-,8+,9-/m1/s1. The molecule has 1 aliphatic rings. The molecule has 1 saturated heterocycles. The van der Waals surface area contributed by atoms with Crippen molar-refractivity contribution in [3.63, 3.8) is 0 Å². The maximum atomic E-state index is 11.1. The van der Waals surface area contributed by atoms with Crippen molar-refractivity contribution >= 4 is 12.2 Å². The molecule has 100 valence electrons. The molecule has 0 aromatic carbocycles. The van der Waals surface area contributed by atoms with Crippen molar-refractivity contribution in [1.82, 2.24) is 9.55 Å². The molecule has 1 aromatic rings. The molecular weight excluding hydrogens is 260 g/mol. The highest BCUT2D eigenvalue weighted by Crippen LogP contribution is 2.33. The summed E-state index contributed by atoms with van der Waals surface area (Å²) in [5, 5.41) is 28.3. The minimum absolute atomic E-state index is 0.113. The summed E-state index contributed by atoms with van der Waals surface area (Å²) in [7, 11) is 0. The van der Waals surface area contributed by atoms with Gasteiger partial charge in [-0.3, -0.25) is 14.3 Å². The first-order valence-electron chi connectivity index (χ1n) is 5.45. The number of nitrogens with zero attached hydrogens (tertiary/aromatic N) is 1. The first-order chi connectivity index (χ1) is 8.58. The predicted octanol–water partition coefficient (Wildman–Crippen LogP) is -1.24. The summed E-state index contributed by atoms with van der Waals surface area (Å²) in [6.07, 6.45) is -1.10. The van der Waals surface area contributed by atoms with Crippen molar-refractivity contribution in [2.75, 3.05) is 13.2 Å². The van der Waals surface area contributed by atoms with E-state index in [0.717, 1.165) is 0 Å². The maximum Gasteiger partial charge on any atom is 0.251 e. The smallest absolute Gasteiger partial charge is 0.251 e. The van der Waals surface area contributed by atoms with E-state index in [-0.39, 0.29) is 23.5 Å². The fourth-order valence-corrected chi connectivity index (χ4v) is 2.32. The Morgan fingerprint density at radius 3 is 2.67 bits per heavy atom. The zero-order valence-electron chi connectivity index (χ0n) is 9.39. The number of hydrogen-bond donors (Lipinski definition) is 4. The Labute approximate surface area is 107 Å². The summed E-state index contributed by atoms with van der Waals surface area (Å²) in [4.78, 5) is 13.5. The van der Waals surface area contributed by atoms with Gasteiger partial charge < -0.3 is 20.1 Å². The average Bonchev–Trinajstić information content (AvgIpc) is 2.66. The zero-order valence-corrected chi connectivity index (χ0v) is 10.2. The molecule has 1 fully saturated rings. The molecular formula is C10H14N2O5S. The number of H-pyrrole nitrogens is 1. The van der Waals surface area contributed by atoms with E-state index in [1.54, 1.807) is 0 Å². The van der Waals surface area contributed by atoms with Crippen LogP contribution >= 0.6 is 12.2 Å². The zero-order chi connectivity index (χ0) is 13.3. The topological polar surface area (TPSA) is 108 Å². The quantitative estimate of drug-likeness (QED) is 0.514. The number of aliphatic hydroxyl groups excluding tert-OH is 3. The van der Waals surface area contributed by atoms with Crippen molar-refractivity contribution in [2.24, 2.45) is 5.92 Å². The Balaban J connectivity index is 2.34. The van der Waals surface area contributed by atoms with Gasteiger partial charge in [-0.25, -0.2) is 0 Å². The SMILES string of the molecule is O=c1ccn([C@@H]2O[C@H](CO)C(CO)[C@@H]2O)c(=S)[nH]1. The molecule has 4 N–H and O–H groups in total. The van der Waals surface area contributed by atoms with Gasteiger partial charge in [0.25, 0.3) is 5.56 Å². The van der Waals surface area contributed by atoms with Gasteiger partial charge in [0.2, 0.25) is 0 Å². The van der Waals surface area contributed by atoms with Gasteiger partial charge in [0.05, 0.1) is 19.3 Å². The van der Waals surface area contributed by atoms with Crippen LogP contribution in [0.1, 0.15) is 6.23 Å². The first kappa shape index (κ1) is 13.4. The molecule has 1 aromatic heterocycles. The molecule has 1 unspecified atom stereocenters. The molecule has 2 rings (SSSR count). The molecule has 18 heavy (non-hydrogen) atoms. The lowest BCUT2D eigenvalue weighted by Gasteiger charge is -2.18. The van der Waals surface area contributed by atoms with Crippen molar-refractivity contribution in [2.45, 2.75) is 18.4 Å². The number of aliphatic hydroxyl groups is 3. The second-order valence-corrected chi connectivity index (χ2v) is 4.49. The van der Waals surface area contributed by atoms with Crippen LogP contribution in [0.15, 0.2) is 17.1 Å². The molecule has 4 atom stereocenters. The van der Waals surface area contributed by atoms with Crippen LogP contribution in [0.5, 0.6) is 0 Å². The number of aromatic amines is 1. The molecule has 0 aliphatic carbocycles. The van der Waals surface area contributed by atoms with Crippen LogP contribution in [-0.4, -0.2) is 50.3 Å². The molecule has 8 heteroatoms. The molecule has 0 radical (unpaired) electrons. The largest absolute Gasteiger partial charge is 0.396 e. The van der Waals surface area contributed by atoms with Gasteiger partial charge in [0.15, 0.2) is 11.0 Å². The van der Waals surface area contributed by atoms with Crippen LogP contribution < -0.4 is 5.56 Å². The van der Waals surface area contributed by atoms with Crippen LogP contribution in [0, 0.1) is 10.7 Å². The second-order valence-electron chi connectivity index (χ2n) is 4.10. The third-order valence-corrected chi connectivity index (χ3v) is 3.35. The van der Waals surface area contributed by atoms with E-state index < -0.39 is 24.4 Å². The highest BCUT2D eigenvalue weighted by atomic mass is 32.1. The summed E-state index contributed by atoms with van der Waals surface area (Å²) < 4.78 is 6.95. The van der Waals surface area contributed by atoms with Gasteiger partial charge in [-0.15, -0.1) is 0 Å². The molecule has 0 saturated carbocycles. The highest BCUT2D eigenvalue weighted by Gasteiger charge is 2.43. The summed E-state index contributed by atoms with van der Waals surface area (Å²) in [6, 6.07) is 1.26. The van der Waals surface area contributed by atoms with Gasteiger partial charge in [-0.2, -0.15) is 0 Å². The molecule has 1 aliphatic heterocycles. The Kier molecular flexibility index (Phi) is 3.93. The molecule has 0 spiro atoms. The van der Waals surface area contributed by atoms with Gasteiger partial charge in [-0.1, -0.05) is 0 Å². The van der Waals surface area contributed by atoms with Gasteiger partial charge >= 0.3 is 0 Å². The average molecular weight is 274 g/mol. The van der Waals surface area contributed by atoms with Crippen molar-refractivity contribution in [3.8, 4) is 0 Å². The monoisotopic (exact) mass is 274 g/mol. The van der Waals surface area contributed by atoms with E-state index in [4.69, 9.17) is 22.1 Å². The Morgan fingerprint density at radius 2 is 2.17 bits per heavy atom. The number of nitrogens with one attached hydrogen (secondary N) is 1. The van der Waals surface area contributed by atoms with Crippen LogP contribution in [-0.2, 0) is 4.74 Å². The van der Waals surface area contributed by atoms with E-state index in [9.17, 15) is 15.0 Å². The van der Waals surface area contributed by atoms with Crippen molar-refractivity contribution in [3.05, 3.63) is 27.4 Å². The van der Waals surface area contributed by atoms with Gasteiger partial charge in [-0.05, 0) is 12.2 Å². The molecule has 0 bridgehead atoms. The summed E-state index contributed by atoms with van der Waals surface area (Å²) in [6.45, 7) is -0.616. The number of hydrogen-bond acceptors (Lipinski definition) is 6. The third kappa shape index (κ3) is 2.25. The van der Waals surface area contributed by atoms with Crippen LogP contribution in [0.4, 0.5) is 0 Å². The second kappa shape index (κ2) is 5.29. The van der Waals surface area contributed by atoms with E-state index in [0.29, 0.717) is 0 Å². The van der Waals surface area contributed by atoms with Gasteiger partial charge in [0.1, 0.15) is 6.10 Å². The van der Waals surface area contributed by atoms with E-state index >= 15 is 0 Å². The molecule has 7 nitrogen and oxygen atoms in total. The minimum Gasteiger partial charge on any atom is -0.396 e. The number of aromatic nitrogens is 2. The lowest BCUT2D eigenvalue weighted by molar-refractivity contribution is -0.0529. The first-order valence-corrected chi connectivity index (χ1v) is 5.86. The summed E-state index contributed by atoms with van der Waals surface area (Å²) in [5.41, 5.74) is -0.346. The predicted molar refractivity (Wildman–Crippen MR) is 63.5 cm³/mol. The third-order valence-electron chi connectivity index (χ3n) is 3.04. The van der Waals surface area contributed by atoms with Crippen molar-refractivity contribution < 1.29 is 20.1 Å². The summed E-state index contributed by atoms with van der Waals surface area (Å²) >= 11 is 4.97. The van der Waals surface area contributed by atoms with Crippen LogP contribution in [0.2, 0.25) is 0 Å². The summed E-state index contributed by atoms with van der Waals surface area (Å²) in [5.74, 6) is -0.589. The van der Waals surface area contributed by atoms with Crippen LogP contribution in [0.3, 0.4) is 0 Å². The van der Waals surface area contributed by atoms with E-state index in [1.807, 2.05) is 0 Å². The van der Waals surface area contributed by atoms with E-state index in [1.165, 1.54) is 16.8 Å². The molecule has 2 heterocycles. The highest BCUT2D eigenvalue weighted by molar-refractivity contribution is 7.71. The minimum atomic E-state index is -1.01. The molecule has 0 amide bonds. The lowest BCUT2D eigenvalue weighted by Crippen LogP contribution is -2.31. The number of ether oxygens (including phenoxy) is 1. The van der Waals surface area contributed by atoms with Crippen molar-refractivity contribution in [1.29, 1.82) is 0 Å². The van der Waals surface area contributed by atoms with Gasteiger partial charge in [0, 0.05) is 18.2 Å².